The number of benzene rings is 1. The van der Waals surface area contributed by atoms with Crippen molar-refractivity contribution >= 4 is 34.1 Å². The van der Waals surface area contributed by atoms with Crippen molar-refractivity contribution in [2.24, 2.45) is 0 Å². The molecule has 3 aromatic rings. The first-order chi connectivity index (χ1) is 11.2. The van der Waals surface area contributed by atoms with Crippen molar-refractivity contribution in [1.82, 2.24) is 4.98 Å². The number of furan rings is 1. The Morgan fingerprint density at radius 2 is 1.61 bits per heavy atom. The van der Waals surface area contributed by atoms with Crippen molar-refractivity contribution in [3.8, 4) is 5.75 Å². The van der Waals surface area contributed by atoms with E-state index in [2.05, 4.69) is 20.9 Å². The van der Waals surface area contributed by atoms with Gasteiger partial charge in [-0.25, -0.2) is 4.79 Å². The number of pyridine rings is 1. The highest BCUT2D eigenvalue weighted by atomic mass is 79.9. The molecule has 0 saturated heterocycles. The van der Waals surface area contributed by atoms with Crippen molar-refractivity contribution < 1.29 is 13.9 Å². The zero-order chi connectivity index (χ0) is 16.1. The van der Waals surface area contributed by atoms with Gasteiger partial charge in [-0.2, -0.15) is 0 Å². The fourth-order valence-corrected chi connectivity index (χ4v) is 2.20. The van der Waals surface area contributed by atoms with Crippen molar-refractivity contribution in [2.75, 3.05) is 0 Å². The maximum Gasteiger partial charge on any atom is 0.379 e. The number of esters is 1. The second-order valence-corrected chi connectivity index (χ2v) is 5.46. The van der Waals surface area contributed by atoms with Crippen LogP contribution < -0.4 is 4.74 Å². The van der Waals surface area contributed by atoms with Gasteiger partial charge in [0.25, 0.3) is 0 Å². The van der Waals surface area contributed by atoms with Crippen molar-refractivity contribution in [3.63, 3.8) is 0 Å². The van der Waals surface area contributed by atoms with E-state index in [-0.39, 0.29) is 5.76 Å². The van der Waals surface area contributed by atoms with Crippen LogP contribution in [0.2, 0.25) is 0 Å². The molecule has 0 aliphatic carbocycles. The van der Waals surface area contributed by atoms with Crippen LogP contribution in [0.25, 0.3) is 12.2 Å². The summed E-state index contributed by atoms with van der Waals surface area (Å²) in [5, 5.41) is 0. The molecule has 4 nitrogen and oxygen atoms in total. The minimum atomic E-state index is -0.532. The Morgan fingerprint density at radius 1 is 0.957 bits per heavy atom. The molecule has 0 atom stereocenters. The molecule has 0 radical (unpaired) electrons. The molecule has 23 heavy (non-hydrogen) atoms. The molecule has 0 saturated carbocycles. The number of aromatic nitrogens is 1. The molecule has 114 valence electrons. The van der Waals surface area contributed by atoms with Crippen LogP contribution >= 0.6 is 15.9 Å². The molecular weight excluding hydrogens is 358 g/mol. The van der Waals surface area contributed by atoms with Crippen LogP contribution in [0.4, 0.5) is 0 Å². The standard InChI is InChI=1S/C18H12BrNO3/c19-17-8-7-16(23-17)18(21)22-15-5-3-13(4-6-15)1-2-14-9-11-20-12-10-14/h1-12H. The smallest absolute Gasteiger partial charge is 0.379 e. The predicted molar refractivity (Wildman–Crippen MR) is 91.0 cm³/mol. The number of nitrogens with zero attached hydrogens (tertiary/aromatic N) is 1. The van der Waals surface area contributed by atoms with Gasteiger partial charge in [0, 0.05) is 12.4 Å². The topological polar surface area (TPSA) is 52.3 Å². The lowest BCUT2D eigenvalue weighted by molar-refractivity contribution is 0.0700. The fourth-order valence-electron chi connectivity index (χ4n) is 1.90. The van der Waals surface area contributed by atoms with E-state index in [0.717, 1.165) is 11.1 Å². The van der Waals surface area contributed by atoms with Crippen LogP contribution in [-0.4, -0.2) is 11.0 Å². The molecule has 0 unspecified atom stereocenters. The monoisotopic (exact) mass is 369 g/mol. The Hall–Kier alpha value is -2.66. The quantitative estimate of drug-likeness (QED) is 0.488. The zero-order valence-electron chi connectivity index (χ0n) is 12.0. The maximum atomic E-state index is 11.9. The van der Waals surface area contributed by atoms with Gasteiger partial charge in [0.2, 0.25) is 5.76 Å². The Bertz CT molecular complexity index is 823. The number of ether oxygens (including phenoxy) is 1. The molecule has 0 fully saturated rings. The molecule has 3 rings (SSSR count). The highest BCUT2D eigenvalue weighted by Gasteiger charge is 2.12. The van der Waals surface area contributed by atoms with Gasteiger partial charge in [0.1, 0.15) is 5.75 Å². The van der Waals surface area contributed by atoms with Gasteiger partial charge in [-0.1, -0.05) is 24.3 Å². The van der Waals surface area contributed by atoms with E-state index < -0.39 is 5.97 Å². The SMILES string of the molecule is O=C(Oc1ccc(C=Cc2ccncc2)cc1)c1ccc(Br)o1. The average molecular weight is 370 g/mol. The zero-order valence-corrected chi connectivity index (χ0v) is 13.6. The van der Waals surface area contributed by atoms with E-state index in [1.807, 2.05) is 36.4 Å². The summed E-state index contributed by atoms with van der Waals surface area (Å²) in [5.41, 5.74) is 2.07. The minimum Gasteiger partial charge on any atom is -0.442 e. The Kier molecular flexibility index (Phi) is 4.68. The number of hydrogen-bond acceptors (Lipinski definition) is 4. The Morgan fingerprint density at radius 3 is 2.22 bits per heavy atom. The lowest BCUT2D eigenvalue weighted by Crippen LogP contribution is -2.06. The van der Waals surface area contributed by atoms with E-state index in [1.165, 1.54) is 0 Å². The lowest BCUT2D eigenvalue weighted by Gasteiger charge is -2.02. The number of hydrogen-bond donors (Lipinski definition) is 0. The second-order valence-electron chi connectivity index (χ2n) is 4.68. The summed E-state index contributed by atoms with van der Waals surface area (Å²) in [7, 11) is 0. The number of carbonyl (C=O) groups is 1. The molecule has 2 heterocycles. The molecule has 2 aromatic heterocycles. The normalized spacial score (nSPS) is 10.8. The van der Waals surface area contributed by atoms with Crippen LogP contribution in [0.15, 0.2) is 70.0 Å². The van der Waals surface area contributed by atoms with Gasteiger partial charge in [0.15, 0.2) is 4.67 Å². The first-order valence-electron chi connectivity index (χ1n) is 6.86. The second kappa shape index (κ2) is 7.07. The molecule has 5 heteroatoms. The summed E-state index contributed by atoms with van der Waals surface area (Å²) in [6, 6.07) is 14.3. The average Bonchev–Trinajstić information content (AvgIpc) is 3.02. The molecule has 0 bridgehead atoms. The predicted octanol–water partition coefficient (Wildman–Crippen LogP) is 4.83. The minimum absolute atomic E-state index is 0.151. The van der Waals surface area contributed by atoms with E-state index >= 15 is 0 Å². The van der Waals surface area contributed by atoms with Gasteiger partial charge >= 0.3 is 5.97 Å². The van der Waals surface area contributed by atoms with E-state index in [4.69, 9.17) is 9.15 Å². The van der Waals surface area contributed by atoms with Gasteiger partial charge in [-0.3, -0.25) is 4.98 Å². The summed E-state index contributed by atoms with van der Waals surface area (Å²) < 4.78 is 10.9. The Balaban J connectivity index is 1.65. The highest BCUT2D eigenvalue weighted by Crippen LogP contribution is 2.18. The summed E-state index contributed by atoms with van der Waals surface area (Å²) in [6.45, 7) is 0. The summed E-state index contributed by atoms with van der Waals surface area (Å²) in [6.07, 6.45) is 7.46. The first kappa shape index (κ1) is 15.2. The molecule has 0 amide bonds. The van der Waals surface area contributed by atoms with Crippen LogP contribution in [0, 0.1) is 0 Å². The van der Waals surface area contributed by atoms with E-state index in [1.54, 1.807) is 36.7 Å². The third-order valence-electron chi connectivity index (χ3n) is 3.04. The number of rotatable bonds is 4. The van der Waals surface area contributed by atoms with E-state index in [9.17, 15) is 4.79 Å². The van der Waals surface area contributed by atoms with Gasteiger partial charge in [0.05, 0.1) is 0 Å². The highest BCUT2D eigenvalue weighted by molar-refractivity contribution is 9.10. The fraction of sp³-hybridized carbons (Fsp3) is 0. The van der Waals surface area contributed by atoms with Crippen LogP contribution in [-0.2, 0) is 0 Å². The van der Waals surface area contributed by atoms with E-state index in [0.29, 0.717) is 10.4 Å². The first-order valence-corrected chi connectivity index (χ1v) is 7.66. The number of halogens is 1. The van der Waals surface area contributed by atoms with Gasteiger partial charge < -0.3 is 9.15 Å². The van der Waals surface area contributed by atoms with Crippen LogP contribution in [0.1, 0.15) is 21.7 Å². The van der Waals surface area contributed by atoms with Gasteiger partial charge in [-0.05, 0) is 63.5 Å². The van der Waals surface area contributed by atoms with Gasteiger partial charge in [-0.15, -0.1) is 0 Å². The number of carbonyl (C=O) groups excluding carboxylic acids is 1. The molecule has 0 N–H and O–H groups in total. The molecule has 0 aliphatic rings. The van der Waals surface area contributed by atoms with Crippen LogP contribution in [0.5, 0.6) is 5.75 Å². The molecule has 0 spiro atoms. The third-order valence-corrected chi connectivity index (χ3v) is 3.47. The summed E-state index contributed by atoms with van der Waals surface area (Å²) >= 11 is 3.15. The van der Waals surface area contributed by atoms with Crippen molar-refractivity contribution in [2.45, 2.75) is 0 Å². The van der Waals surface area contributed by atoms with Crippen LogP contribution in [0.3, 0.4) is 0 Å². The maximum absolute atomic E-state index is 11.9. The third kappa shape index (κ3) is 4.17. The van der Waals surface area contributed by atoms with Crippen molar-refractivity contribution in [1.29, 1.82) is 0 Å². The Labute approximate surface area is 141 Å². The summed E-state index contributed by atoms with van der Waals surface area (Å²) in [4.78, 5) is 15.8. The molecule has 1 aromatic carbocycles. The molecular formula is C18H12BrNO3. The molecule has 0 aliphatic heterocycles. The largest absolute Gasteiger partial charge is 0.442 e. The van der Waals surface area contributed by atoms with Crippen molar-refractivity contribution in [3.05, 3.63) is 82.5 Å². The lowest BCUT2D eigenvalue weighted by atomic mass is 10.1. The summed E-state index contributed by atoms with van der Waals surface area (Å²) in [5.74, 6) is 0.0814.